The van der Waals surface area contributed by atoms with Crippen LogP contribution in [0.4, 0.5) is 17.6 Å². The average Bonchev–Trinajstić information content (AvgIpc) is 2.97. The Kier molecular flexibility index (Phi) is 4.98. The lowest BCUT2D eigenvalue weighted by molar-refractivity contribution is -0.138. The highest BCUT2D eigenvalue weighted by atomic mass is 32.2. The van der Waals surface area contributed by atoms with Gasteiger partial charge in [-0.25, -0.2) is 4.39 Å². The Labute approximate surface area is 156 Å². The third-order valence-electron chi connectivity index (χ3n) is 4.24. The van der Waals surface area contributed by atoms with Gasteiger partial charge in [0, 0.05) is 11.5 Å². The fourth-order valence-corrected chi connectivity index (χ4v) is 4.26. The summed E-state index contributed by atoms with van der Waals surface area (Å²) in [5, 5.41) is 8.39. The standard InChI is InChI=1S/C19H12F4N2OS/c20-11-7-5-10(6-8-11)16(26)17-15(13(9-24)18(25)27-17)12-3-1-2-4-14(12)19(21,22)23/h1-8,15,17H,25H2/t15-,17+/m1/s1. The molecule has 0 amide bonds. The third-order valence-corrected chi connectivity index (χ3v) is 5.46. The molecule has 8 heteroatoms. The first-order valence-corrected chi connectivity index (χ1v) is 8.64. The third kappa shape index (κ3) is 3.55. The topological polar surface area (TPSA) is 66.9 Å². The predicted molar refractivity (Wildman–Crippen MR) is 93.1 cm³/mol. The van der Waals surface area contributed by atoms with Gasteiger partial charge in [-0.2, -0.15) is 18.4 Å². The largest absolute Gasteiger partial charge is 0.416 e. The first-order chi connectivity index (χ1) is 12.7. The van der Waals surface area contributed by atoms with Gasteiger partial charge in [0.05, 0.1) is 27.5 Å². The monoisotopic (exact) mass is 392 g/mol. The number of hydrogen-bond acceptors (Lipinski definition) is 4. The van der Waals surface area contributed by atoms with Gasteiger partial charge in [0.2, 0.25) is 0 Å². The molecule has 2 atom stereocenters. The summed E-state index contributed by atoms with van der Waals surface area (Å²) in [5.41, 5.74) is 4.79. The van der Waals surface area contributed by atoms with E-state index in [-0.39, 0.29) is 21.7 Å². The van der Waals surface area contributed by atoms with E-state index in [1.807, 2.05) is 6.07 Å². The Morgan fingerprint density at radius 1 is 1.11 bits per heavy atom. The van der Waals surface area contributed by atoms with Crippen molar-refractivity contribution < 1.29 is 22.4 Å². The minimum atomic E-state index is -4.65. The molecule has 0 radical (unpaired) electrons. The number of nitrogens with two attached hydrogens (primary N) is 1. The summed E-state index contributed by atoms with van der Waals surface area (Å²) in [4.78, 5) is 12.9. The van der Waals surface area contributed by atoms with Crippen LogP contribution in [0.1, 0.15) is 27.4 Å². The highest BCUT2D eigenvalue weighted by Crippen LogP contribution is 2.49. The number of thioether (sulfide) groups is 1. The van der Waals surface area contributed by atoms with Crippen molar-refractivity contribution in [3.8, 4) is 6.07 Å². The van der Waals surface area contributed by atoms with Crippen LogP contribution in [0.25, 0.3) is 0 Å². The number of alkyl halides is 3. The van der Waals surface area contributed by atoms with Crippen LogP contribution < -0.4 is 5.73 Å². The summed E-state index contributed by atoms with van der Waals surface area (Å²) in [5.74, 6) is -2.20. The zero-order chi connectivity index (χ0) is 19.8. The van der Waals surface area contributed by atoms with E-state index in [1.165, 1.54) is 30.3 Å². The van der Waals surface area contributed by atoms with E-state index in [4.69, 9.17) is 5.73 Å². The van der Waals surface area contributed by atoms with Crippen LogP contribution in [0.3, 0.4) is 0 Å². The molecule has 0 aliphatic carbocycles. The Balaban J connectivity index is 2.11. The van der Waals surface area contributed by atoms with Crippen molar-refractivity contribution in [3.63, 3.8) is 0 Å². The van der Waals surface area contributed by atoms with Crippen molar-refractivity contribution in [3.05, 3.63) is 81.6 Å². The van der Waals surface area contributed by atoms with Gasteiger partial charge < -0.3 is 5.73 Å². The van der Waals surface area contributed by atoms with Gasteiger partial charge in [-0.3, -0.25) is 4.79 Å². The molecule has 2 aromatic rings. The van der Waals surface area contributed by atoms with Gasteiger partial charge in [0.15, 0.2) is 5.78 Å². The van der Waals surface area contributed by atoms with Crippen LogP contribution in [-0.2, 0) is 6.18 Å². The molecule has 0 aromatic heterocycles. The maximum absolute atomic E-state index is 13.5. The molecule has 3 rings (SSSR count). The van der Waals surface area contributed by atoms with E-state index >= 15 is 0 Å². The molecule has 0 saturated carbocycles. The number of benzene rings is 2. The van der Waals surface area contributed by atoms with Crippen molar-refractivity contribution in [1.82, 2.24) is 0 Å². The van der Waals surface area contributed by atoms with Gasteiger partial charge in [-0.1, -0.05) is 30.0 Å². The number of carbonyl (C=O) groups is 1. The zero-order valence-electron chi connectivity index (χ0n) is 13.6. The minimum Gasteiger partial charge on any atom is -0.393 e. The summed E-state index contributed by atoms with van der Waals surface area (Å²) in [6.07, 6.45) is -4.65. The molecule has 3 nitrogen and oxygen atoms in total. The molecule has 0 fully saturated rings. The van der Waals surface area contributed by atoms with E-state index in [0.717, 1.165) is 30.0 Å². The Hall–Kier alpha value is -2.79. The lowest BCUT2D eigenvalue weighted by Crippen LogP contribution is -2.25. The van der Waals surface area contributed by atoms with Crippen molar-refractivity contribution in [2.75, 3.05) is 0 Å². The second-order valence-corrected chi connectivity index (χ2v) is 7.05. The van der Waals surface area contributed by atoms with Gasteiger partial charge >= 0.3 is 6.18 Å². The van der Waals surface area contributed by atoms with E-state index in [1.54, 1.807) is 0 Å². The van der Waals surface area contributed by atoms with Crippen LogP contribution >= 0.6 is 11.8 Å². The van der Waals surface area contributed by atoms with Crippen molar-refractivity contribution in [2.45, 2.75) is 17.3 Å². The molecule has 0 unspecified atom stereocenters. The zero-order valence-corrected chi connectivity index (χ0v) is 14.4. The lowest BCUT2D eigenvalue weighted by Gasteiger charge is -2.22. The maximum atomic E-state index is 13.5. The Morgan fingerprint density at radius 3 is 2.33 bits per heavy atom. The fraction of sp³-hybridized carbons (Fsp3) is 0.158. The van der Waals surface area contributed by atoms with Crippen LogP contribution in [0.15, 0.2) is 59.1 Å². The number of Topliss-reactive ketones (excluding diaryl/α,β-unsaturated/α-hetero) is 1. The molecule has 0 saturated heterocycles. The molecule has 1 aliphatic rings. The quantitative estimate of drug-likeness (QED) is 0.611. The van der Waals surface area contributed by atoms with Crippen molar-refractivity contribution in [1.29, 1.82) is 5.26 Å². The maximum Gasteiger partial charge on any atom is 0.416 e. The molecule has 2 N–H and O–H groups in total. The molecule has 2 aromatic carbocycles. The number of nitrogens with zero attached hydrogens (tertiary/aromatic N) is 1. The van der Waals surface area contributed by atoms with Crippen LogP contribution in [0.2, 0.25) is 0 Å². The summed E-state index contributed by atoms with van der Waals surface area (Å²) in [6, 6.07) is 11.3. The van der Waals surface area contributed by atoms with E-state index in [2.05, 4.69) is 0 Å². The second kappa shape index (κ2) is 7.08. The van der Waals surface area contributed by atoms with Crippen LogP contribution in [0, 0.1) is 17.1 Å². The molecule has 1 heterocycles. The number of hydrogen-bond donors (Lipinski definition) is 1. The minimum absolute atomic E-state index is 0.0138. The van der Waals surface area contributed by atoms with Crippen molar-refractivity contribution >= 4 is 17.5 Å². The number of ketones is 1. The number of allylic oxidation sites excluding steroid dienone is 1. The number of carbonyl (C=O) groups excluding carboxylic acids is 1. The predicted octanol–water partition coefficient (Wildman–Crippen LogP) is 4.62. The molecule has 0 bridgehead atoms. The van der Waals surface area contributed by atoms with Crippen molar-refractivity contribution in [2.24, 2.45) is 5.73 Å². The molecular formula is C19H12F4N2OS. The van der Waals surface area contributed by atoms with Gasteiger partial charge in [-0.15, -0.1) is 0 Å². The van der Waals surface area contributed by atoms with Gasteiger partial charge in [0.1, 0.15) is 5.82 Å². The van der Waals surface area contributed by atoms with E-state index in [0.29, 0.717) is 0 Å². The first-order valence-electron chi connectivity index (χ1n) is 7.76. The average molecular weight is 392 g/mol. The summed E-state index contributed by atoms with van der Waals surface area (Å²) >= 11 is 0.852. The molecular weight excluding hydrogens is 380 g/mol. The smallest absolute Gasteiger partial charge is 0.393 e. The lowest BCUT2D eigenvalue weighted by atomic mass is 9.83. The SMILES string of the molecule is N#CC1=C(N)S[C@H](C(=O)c2ccc(F)cc2)[C@@H]1c1ccccc1C(F)(F)F. The Morgan fingerprint density at radius 2 is 1.74 bits per heavy atom. The second-order valence-electron chi connectivity index (χ2n) is 5.86. The van der Waals surface area contributed by atoms with Gasteiger partial charge in [0.25, 0.3) is 0 Å². The normalized spacial score (nSPS) is 19.8. The summed E-state index contributed by atoms with van der Waals surface area (Å²) in [6.45, 7) is 0. The van der Waals surface area contributed by atoms with Crippen LogP contribution in [-0.4, -0.2) is 11.0 Å². The summed E-state index contributed by atoms with van der Waals surface area (Å²) < 4.78 is 53.5. The number of rotatable bonds is 3. The van der Waals surface area contributed by atoms with E-state index < -0.39 is 34.5 Å². The Bertz CT molecular complexity index is 961. The van der Waals surface area contributed by atoms with E-state index in [9.17, 15) is 27.6 Å². The number of halogens is 4. The van der Waals surface area contributed by atoms with Gasteiger partial charge in [-0.05, 0) is 35.9 Å². The fourth-order valence-electron chi connectivity index (χ4n) is 3.03. The molecule has 1 aliphatic heterocycles. The number of nitriles is 1. The molecule has 27 heavy (non-hydrogen) atoms. The van der Waals surface area contributed by atoms with Crippen LogP contribution in [0.5, 0.6) is 0 Å². The first kappa shape index (κ1) is 19.0. The molecule has 138 valence electrons. The molecule has 0 spiro atoms. The summed E-state index contributed by atoms with van der Waals surface area (Å²) in [7, 11) is 0. The highest BCUT2D eigenvalue weighted by Gasteiger charge is 2.45. The highest BCUT2D eigenvalue weighted by molar-refractivity contribution is 8.04.